The monoisotopic (exact) mass is 505 g/mol. The van der Waals surface area contributed by atoms with Crippen molar-refractivity contribution in [3.63, 3.8) is 0 Å². The molecule has 3 aromatic carbocycles. The first-order chi connectivity index (χ1) is 15.2. The summed E-state index contributed by atoms with van der Waals surface area (Å²) in [5, 5.41) is 17.8. The largest absolute Gasteiger partial charge is 0.269 e. The summed E-state index contributed by atoms with van der Waals surface area (Å²) in [5.41, 5.74) is 4.81. The zero-order valence-electron chi connectivity index (χ0n) is 16.7. The number of halogens is 4. The Labute approximate surface area is 204 Å². The van der Waals surface area contributed by atoms with Crippen LogP contribution in [0.25, 0.3) is 22.5 Å². The van der Waals surface area contributed by atoms with E-state index in [1.807, 2.05) is 25.1 Å². The Morgan fingerprint density at radius 3 is 2.12 bits per heavy atom. The van der Waals surface area contributed by atoms with E-state index in [0.717, 1.165) is 33.6 Å². The van der Waals surface area contributed by atoms with Gasteiger partial charge in [-0.1, -0.05) is 70.7 Å². The van der Waals surface area contributed by atoms with Gasteiger partial charge in [-0.15, -0.1) is 0 Å². The molecule has 0 saturated carbocycles. The quantitative estimate of drug-likeness (QED) is 0.203. The number of non-ortho nitro benzene ring substituents is 1. The van der Waals surface area contributed by atoms with E-state index in [0.29, 0.717) is 26.6 Å². The van der Waals surface area contributed by atoms with Crippen molar-refractivity contribution >= 4 is 52.1 Å². The summed E-state index contributed by atoms with van der Waals surface area (Å²) >= 11 is 24.7. The van der Waals surface area contributed by atoms with Crippen molar-refractivity contribution in [2.24, 2.45) is 0 Å². The molecule has 0 aliphatic rings. The predicted octanol–water partition coefficient (Wildman–Crippen LogP) is 8.10. The van der Waals surface area contributed by atoms with Gasteiger partial charge in [0.1, 0.15) is 0 Å². The van der Waals surface area contributed by atoms with Gasteiger partial charge in [-0.2, -0.15) is 5.10 Å². The molecule has 1 aromatic heterocycles. The Morgan fingerprint density at radius 2 is 1.50 bits per heavy atom. The SMILES string of the molecule is Cc1c(-c2ccc(Cl)c(Cl)c2)nn(Cc2cccc([N+](=O)[O-])c2)c1-c1ccc(Cl)c(Cl)c1. The van der Waals surface area contributed by atoms with Gasteiger partial charge >= 0.3 is 0 Å². The number of rotatable bonds is 5. The first kappa shape index (κ1) is 22.6. The molecule has 0 saturated heterocycles. The van der Waals surface area contributed by atoms with Gasteiger partial charge in [0.05, 0.1) is 42.9 Å². The van der Waals surface area contributed by atoms with Crippen LogP contribution in [0.2, 0.25) is 20.1 Å². The summed E-state index contributed by atoms with van der Waals surface area (Å²) < 4.78 is 1.80. The predicted molar refractivity (Wildman–Crippen MR) is 130 cm³/mol. The van der Waals surface area contributed by atoms with Gasteiger partial charge in [-0.25, -0.2) is 0 Å². The number of aromatic nitrogens is 2. The lowest BCUT2D eigenvalue weighted by molar-refractivity contribution is -0.384. The smallest absolute Gasteiger partial charge is 0.260 e. The second-order valence-corrected chi connectivity index (χ2v) is 8.79. The van der Waals surface area contributed by atoms with Crippen LogP contribution in [-0.4, -0.2) is 14.7 Å². The Bertz CT molecular complexity index is 1350. The summed E-state index contributed by atoms with van der Waals surface area (Å²) in [4.78, 5) is 10.8. The molecule has 1 heterocycles. The van der Waals surface area contributed by atoms with Crippen LogP contribution >= 0.6 is 46.4 Å². The van der Waals surface area contributed by atoms with Crippen LogP contribution in [0.15, 0.2) is 60.7 Å². The Kier molecular flexibility index (Phi) is 6.45. The van der Waals surface area contributed by atoms with Crippen LogP contribution in [0.5, 0.6) is 0 Å². The molecular weight excluding hydrogens is 492 g/mol. The molecule has 5 nitrogen and oxygen atoms in total. The number of nitro benzene ring substituents is 1. The minimum atomic E-state index is -0.418. The molecule has 32 heavy (non-hydrogen) atoms. The first-order valence-electron chi connectivity index (χ1n) is 9.46. The molecule has 0 unspecified atom stereocenters. The van der Waals surface area contributed by atoms with Crippen molar-refractivity contribution in [2.75, 3.05) is 0 Å². The second-order valence-electron chi connectivity index (χ2n) is 7.16. The van der Waals surface area contributed by atoms with E-state index < -0.39 is 4.92 Å². The van der Waals surface area contributed by atoms with E-state index >= 15 is 0 Å². The minimum Gasteiger partial charge on any atom is -0.260 e. The van der Waals surface area contributed by atoms with Crippen molar-refractivity contribution in [3.8, 4) is 22.5 Å². The fraction of sp³-hybridized carbons (Fsp3) is 0.0870. The maximum atomic E-state index is 11.2. The summed E-state index contributed by atoms with van der Waals surface area (Å²) in [6, 6.07) is 17.2. The third-order valence-corrected chi connectivity index (χ3v) is 6.51. The zero-order chi connectivity index (χ0) is 23.0. The van der Waals surface area contributed by atoms with Gasteiger partial charge in [0.15, 0.2) is 0 Å². The average molecular weight is 507 g/mol. The summed E-state index contributed by atoms with van der Waals surface area (Å²) in [5.74, 6) is 0. The summed E-state index contributed by atoms with van der Waals surface area (Å²) in [6.45, 7) is 2.27. The van der Waals surface area contributed by atoms with Gasteiger partial charge in [-0.3, -0.25) is 14.8 Å². The van der Waals surface area contributed by atoms with Crippen molar-refractivity contribution in [1.29, 1.82) is 0 Å². The number of nitro groups is 1. The number of hydrogen-bond acceptors (Lipinski definition) is 3. The highest BCUT2D eigenvalue weighted by atomic mass is 35.5. The Balaban J connectivity index is 1.88. The molecule has 4 aromatic rings. The maximum absolute atomic E-state index is 11.2. The second kappa shape index (κ2) is 9.12. The normalized spacial score (nSPS) is 11.0. The highest BCUT2D eigenvalue weighted by Crippen LogP contribution is 2.36. The highest BCUT2D eigenvalue weighted by molar-refractivity contribution is 6.42. The molecule has 9 heteroatoms. The fourth-order valence-corrected chi connectivity index (χ4v) is 4.13. The van der Waals surface area contributed by atoms with E-state index in [1.165, 1.54) is 12.1 Å². The molecule has 0 atom stereocenters. The molecule has 0 fully saturated rings. The lowest BCUT2D eigenvalue weighted by Gasteiger charge is -2.10. The fourth-order valence-electron chi connectivity index (χ4n) is 3.53. The lowest BCUT2D eigenvalue weighted by atomic mass is 10.0. The van der Waals surface area contributed by atoms with Crippen molar-refractivity contribution in [1.82, 2.24) is 9.78 Å². The number of nitrogens with zero attached hydrogens (tertiary/aromatic N) is 3. The lowest BCUT2D eigenvalue weighted by Crippen LogP contribution is -2.05. The van der Waals surface area contributed by atoms with E-state index in [-0.39, 0.29) is 5.69 Å². The standard InChI is InChI=1S/C23H15Cl4N3O2/c1-13-22(15-5-7-18(24)20(26)10-15)28-29(12-14-3-2-4-17(9-14)30(31)32)23(13)16-6-8-19(25)21(27)11-16/h2-11H,12H2,1H3. The van der Waals surface area contributed by atoms with Gasteiger partial charge in [0, 0.05) is 28.8 Å². The zero-order valence-corrected chi connectivity index (χ0v) is 19.7. The molecule has 0 N–H and O–H groups in total. The van der Waals surface area contributed by atoms with E-state index in [1.54, 1.807) is 35.0 Å². The average Bonchev–Trinajstić information content (AvgIpc) is 3.08. The van der Waals surface area contributed by atoms with Crippen molar-refractivity contribution in [2.45, 2.75) is 13.5 Å². The topological polar surface area (TPSA) is 61.0 Å². The number of benzene rings is 3. The third-order valence-electron chi connectivity index (χ3n) is 5.03. The maximum Gasteiger partial charge on any atom is 0.269 e. The van der Waals surface area contributed by atoms with Crippen LogP contribution in [-0.2, 0) is 6.54 Å². The van der Waals surface area contributed by atoms with Crippen LogP contribution in [0.1, 0.15) is 11.1 Å². The summed E-state index contributed by atoms with van der Waals surface area (Å²) in [6.07, 6.45) is 0. The Morgan fingerprint density at radius 1 is 0.875 bits per heavy atom. The highest BCUT2D eigenvalue weighted by Gasteiger charge is 2.20. The molecular formula is C23H15Cl4N3O2. The van der Waals surface area contributed by atoms with Crippen LogP contribution in [0.3, 0.4) is 0 Å². The molecule has 4 rings (SSSR count). The molecule has 0 amide bonds. The van der Waals surface area contributed by atoms with Crippen molar-refractivity contribution in [3.05, 3.63) is 102 Å². The van der Waals surface area contributed by atoms with Crippen LogP contribution in [0.4, 0.5) is 5.69 Å². The third kappa shape index (κ3) is 4.48. The van der Waals surface area contributed by atoms with Crippen molar-refractivity contribution < 1.29 is 4.92 Å². The van der Waals surface area contributed by atoms with Gasteiger partial charge in [-0.05, 0) is 36.8 Å². The van der Waals surface area contributed by atoms with Crippen LogP contribution in [0, 0.1) is 17.0 Å². The Hall–Kier alpha value is -2.57. The molecule has 0 radical (unpaired) electrons. The van der Waals surface area contributed by atoms with E-state index in [9.17, 15) is 10.1 Å². The van der Waals surface area contributed by atoms with Crippen LogP contribution < -0.4 is 0 Å². The minimum absolute atomic E-state index is 0.0205. The van der Waals surface area contributed by atoms with Gasteiger partial charge in [0.25, 0.3) is 5.69 Å². The molecule has 0 bridgehead atoms. The molecule has 162 valence electrons. The van der Waals surface area contributed by atoms with Gasteiger partial charge < -0.3 is 0 Å². The van der Waals surface area contributed by atoms with E-state index in [4.69, 9.17) is 51.5 Å². The number of hydrogen-bond donors (Lipinski definition) is 0. The van der Waals surface area contributed by atoms with Gasteiger partial charge in [0.2, 0.25) is 0 Å². The van der Waals surface area contributed by atoms with E-state index in [2.05, 4.69) is 0 Å². The first-order valence-corrected chi connectivity index (χ1v) is 11.0. The molecule has 0 aliphatic carbocycles. The summed E-state index contributed by atoms with van der Waals surface area (Å²) in [7, 11) is 0. The molecule has 0 spiro atoms. The molecule has 0 aliphatic heterocycles.